The maximum Gasteiger partial charge on any atom is 0.111 e. The van der Waals surface area contributed by atoms with Crippen LogP contribution >= 0.6 is 0 Å². The highest BCUT2D eigenvalue weighted by atomic mass is 16.4. The lowest BCUT2D eigenvalue weighted by Gasteiger charge is -2.36. The fraction of sp³-hybridized carbons (Fsp3) is 0.970. The number of rotatable bonds is 29. The summed E-state index contributed by atoms with van der Waals surface area (Å²) in [6.45, 7) is 6.26. The fourth-order valence-electron chi connectivity index (χ4n) is 5.83. The Morgan fingerprint density at radius 2 is 0.973 bits per heavy atom. The van der Waals surface area contributed by atoms with Gasteiger partial charge >= 0.3 is 0 Å². The Bertz CT molecular complexity index is 504. The lowest BCUT2D eigenvalue weighted by atomic mass is 9.96. The van der Waals surface area contributed by atoms with Crippen LogP contribution in [0.3, 0.4) is 0 Å². The van der Waals surface area contributed by atoms with Crippen LogP contribution in [-0.2, 0) is 4.79 Å². The van der Waals surface area contributed by atoms with Crippen molar-refractivity contribution in [1.29, 1.82) is 0 Å². The maximum atomic E-state index is 11.0. The van der Waals surface area contributed by atoms with Crippen molar-refractivity contribution >= 4 is 5.97 Å². The highest BCUT2D eigenvalue weighted by Crippen LogP contribution is 2.21. The quantitative estimate of drug-likeness (QED) is 0.0788. The maximum absolute atomic E-state index is 11.0. The predicted molar refractivity (Wildman–Crippen MR) is 159 cm³/mol. The van der Waals surface area contributed by atoms with Gasteiger partial charge in [-0.05, 0) is 39.0 Å². The minimum absolute atomic E-state index is 0.199. The first-order valence-electron chi connectivity index (χ1n) is 16.4. The number of hydrogen-bond donors (Lipinski definition) is 1. The molecule has 0 saturated heterocycles. The molecule has 0 rings (SSSR count). The van der Waals surface area contributed by atoms with E-state index in [-0.39, 0.29) is 6.42 Å². The molecule has 0 aliphatic carbocycles. The number of carboxylic acid groups (broad SMARTS) is 1. The zero-order valence-electron chi connectivity index (χ0n) is 25.8. The number of nitrogens with zero attached hydrogens (tertiary/aromatic N) is 1. The lowest BCUT2D eigenvalue weighted by molar-refractivity contribution is -0.896. The molecule has 0 amide bonds. The summed E-state index contributed by atoms with van der Waals surface area (Å²) in [4.78, 5) is 10.4. The summed E-state index contributed by atoms with van der Waals surface area (Å²) < 4.78 is 0.886. The molecule has 0 aromatic carbocycles. The SMILES string of the molecule is CCCCCCCCCCCCCCCCCCC(C)(O)C[N+](C)(C)CCCCCCCCCC(=O)[O-]. The van der Waals surface area contributed by atoms with Crippen LogP contribution in [0.15, 0.2) is 0 Å². The Hall–Kier alpha value is -0.610. The van der Waals surface area contributed by atoms with Crippen LogP contribution in [0.2, 0.25) is 0 Å². The smallest absolute Gasteiger partial charge is 0.111 e. The van der Waals surface area contributed by atoms with E-state index in [0.29, 0.717) is 0 Å². The number of unbranched alkanes of at least 4 members (excludes halogenated alkanes) is 21. The average Bonchev–Trinajstić information content (AvgIpc) is 2.81. The van der Waals surface area contributed by atoms with Gasteiger partial charge in [0.15, 0.2) is 0 Å². The number of likely N-dealkylation sites (N-methyl/N-ethyl adjacent to an activating group) is 1. The Morgan fingerprint density at radius 3 is 1.38 bits per heavy atom. The zero-order valence-corrected chi connectivity index (χ0v) is 25.8. The number of carbonyl (C=O) groups is 1. The largest absolute Gasteiger partial charge is 0.550 e. The normalized spacial score (nSPS) is 13.6. The monoisotopic (exact) mass is 526 g/mol. The first-order chi connectivity index (χ1) is 17.7. The number of aliphatic hydroxyl groups is 1. The summed E-state index contributed by atoms with van der Waals surface area (Å²) in [6.07, 6.45) is 31.0. The van der Waals surface area contributed by atoms with Gasteiger partial charge in [0.05, 0.1) is 20.6 Å². The van der Waals surface area contributed by atoms with Crippen LogP contribution in [0.1, 0.15) is 174 Å². The van der Waals surface area contributed by atoms with Gasteiger partial charge in [-0.1, -0.05) is 135 Å². The van der Waals surface area contributed by atoms with Gasteiger partial charge in [0, 0.05) is 5.97 Å². The van der Waals surface area contributed by atoms with E-state index < -0.39 is 11.6 Å². The van der Waals surface area contributed by atoms with Gasteiger partial charge < -0.3 is 19.5 Å². The second-order valence-electron chi connectivity index (χ2n) is 13.0. The minimum Gasteiger partial charge on any atom is -0.550 e. The van der Waals surface area contributed by atoms with Crippen LogP contribution in [-0.4, -0.2) is 48.3 Å². The van der Waals surface area contributed by atoms with Crippen LogP contribution in [0.5, 0.6) is 0 Å². The number of carboxylic acids is 1. The van der Waals surface area contributed by atoms with E-state index in [4.69, 9.17) is 0 Å². The Kier molecular flexibility index (Phi) is 24.0. The minimum atomic E-state index is -0.925. The summed E-state index contributed by atoms with van der Waals surface area (Å²) in [6, 6.07) is 0. The molecular formula is C33H67NO3. The van der Waals surface area contributed by atoms with Crippen molar-refractivity contribution in [1.82, 2.24) is 0 Å². The van der Waals surface area contributed by atoms with E-state index in [1.807, 2.05) is 6.92 Å². The number of carbonyl (C=O) groups excluding carboxylic acids is 1. The molecule has 4 nitrogen and oxygen atoms in total. The van der Waals surface area contributed by atoms with Gasteiger partial charge in [-0.3, -0.25) is 0 Å². The van der Waals surface area contributed by atoms with Crippen LogP contribution in [0, 0.1) is 0 Å². The summed E-state index contributed by atoms with van der Waals surface area (Å²) in [5.74, 6) is -0.925. The molecule has 1 N–H and O–H groups in total. The standard InChI is InChI=1S/C33H67NO3/c1-5-6-7-8-9-10-11-12-13-14-15-16-17-20-23-26-29-33(2,37)31-34(3,4)30-27-24-21-18-19-22-25-28-32(35)36/h37H,5-31H2,1-4H3. The molecule has 0 saturated carbocycles. The molecule has 0 aliphatic heterocycles. The Morgan fingerprint density at radius 1 is 0.622 bits per heavy atom. The summed E-state index contributed by atoms with van der Waals surface area (Å²) in [5.41, 5.74) is -0.571. The second-order valence-corrected chi connectivity index (χ2v) is 13.0. The first-order valence-corrected chi connectivity index (χ1v) is 16.4. The lowest BCUT2D eigenvalue weighted by Crippen LogP contribution is -2.50. The molecule has 0 radical (unpaired) electrons. The van der Waals surface area contributed by atoms with Crippen LogP contribution in [0.4, 0.5) is 0 Å². The zero-order chi connectivity index (χ0) is 27.7. The molecule has 0 heterocycles. The van der Waals surface area contributed by atoms with Crippen molar-refractivity contribution < 1.29 is 19.5 Å². The summed E-state index contributed by atoms with van der Waals surface area (Å²) in [5, 5.41) is 21.4. The molecule has 0 bridgehead atoms. The molecular weight excluding hydrogens is 458 g/mol. The van der Waals surface area contributed by atoms with Crippen molar-refractivity contribution in [2.45, 2.75) is 180 Å². The molecule has 0 aromatic heterocycles. The van der Waals surface area contributed by atoms with E-state index in [2.05, 4.69) is 21.0 Å². The molecule has 0 spiro atoms. The summed E-state index contributed by atoms with van der Waals surface area (Å²) in [7, 11) is 4.50. The topological polar surface area (TPSA) is 60.4 Å². The molecule has 1 unspecified atom stereocenters. The third-order valence-electron chi connectivity index (χ3n) is 7.98. The predicted octanol–water partition coefficient (Wildman–Crippen LogP) is 8.34. The van der Waals surface area contributed by atoms with Gasteiger partial charge in [0.25, 0.3) is 0 Å². The van der Waals surface area contributed by atoms with Crippen molar-refractivity contribution in [2.75, 3.05) is 27.2 Å². The van der Waals surface area contributed by atoms with Crippen molar-refractivity contribution in [3.8, 4) is 0 Å². The summed E-state index contributed by atoms with van der Waals surface area (Å²) >= 11 is 0. The second kappa shape index (κ2) is 24.4. The molecule has 1 atom stereocenters. The molecule has 222 valence electrons. The van der Waals surface area contributed by atoms with Gasteiger partial charge in [-0.25, -0.2) is 0 Å². The number of hydrogen-bond acceptors (Lipinski definition) is 3. The number of quaternary nitrogens is 1. The van der Waals surface area contributed by atoms with E-state index in [1.54, 1.807) is 0 Å². The van der Waals surface area contributed by atoms with E-state index in [1.165, 1.54) is 122 Å². The van der Waals surface area contributed by atoms with Crippen LogP contribution < -0.4 is 5.11 Å². The van der Waals surface area contributed by atoms with E-state index in [9.17, 15) is 15.0 Å². The average molecular weight is 526 g/mol. The van der Waals surface area contributed by atoms with Crippen LogP contribution in [0.25, 0.3) is 0 Å². The molecule has 0 aliphatic rings. The van der Waals surface area contributed by atoms with E-state index >= 15 is 0 Å². The first kappa shape index (κ1) is 36.4. The third-order valence-corrected chi connectivity index (χ3v) is 7.98. The molecule has 4 heteroatoms. The van der Waals surface area contributed by atoms with Crippen molar-refractivity contribution in [3.05, 3.63) is 0 Å². The molecule has 0 fully saturated rings. The Labute approximate surface area is 232 Å². The van der Waals surface area contributed by atoms with Gasteiger partial charge in [0.2, 0.25) is 0 Å². The number of aliphatic carboxylic acids is 1. The van der Waals surface area contributed by atoms with Gasteiger partial charge in [-0.15, -0.1) is 0 Å². The highest BCUT2D eigenvalue weighted by molar-refractivity contribution is 5.64. The molecule has 0 aromatic rings. The third kappa shape index (κ3) is 28.2. The van der Waals surface area contributed by atoms with Gasteiger partial charge in [0.1, 0.15) is 12.1 Å². The van der Waals surface area contributed by atoms with Gasteiger partial charge in [-0.2, -0.15) is 0 Å². The fourth-order valence-corrected chi connectivity index (χ4v) is 5.83. The van der Waals surface area contributed by atoms with Crippen molar-refractivity contribution in [3.63, 3.8) is 0 Å². The highest BCUT2D eigenvalue weighted by Gasteiger charge is 2.29. The van der Waals surface area contributed by atoms with Crippen molar-refractivity contribution in [2.24, 2.45) is 0 Å². The Balaban J connectivity index is 3.57. The van der Waals surface area contributed by atoms with E-state index in [0.717, 1.165) is 49.7 Å². The molecule has 37 heavy (non-hydrogen) atoms.